The highest BCUT2D eigenvalue weighted by Gasteiger charge is 2.22. The Balaban J connectivity index is 1.44. The maximum atomic E-state index is 13.6. The lowest BCUT2D eigenvalue weighted by Crippen LogP contribution is -2.50. The highest BCUT2D eigenvalue weighted by Crippen LogP contribution is 2.12. The van der Waals surface area contributed by atoms with Gasteiger partial charge in [0.15, 0.2) is 0 Å². The van der Waals surface area contributed by atoms with Gasteiger partial charge < -0.3 is 10.2 Å². The maximum absolute atomic E-state index is 13.6. The fourth-order valence-corrected chi connectivity index (χ4v) is 3.49. The number of hydrogen-bond acceptors (Lipinski definition) is 4. The number of amides is 2. The first-order valence-electron chi connectivity index (χ1n) is 8.27. The summed E-state index contributed by atoms with van der Waals surface area (Å²) in [5.41, 5.74) is 0.989. The Morgan fingerprint density at radius 2 is 1.88 bits per heavy atom. The van der Waals surface area contributed by atoms with Crippen LogP contribution in [0.3, 0.4) is 0 Å². The van der Waals surface area contributed by atoms with Crippen molar-refractivity contribution in [2.45, 2.75) is 6.54 Å². The number of thiophene rings is 1. The van der Waals surface area contributed by atoms with Crippen LogP contribution in [0.1, 0.15) is 15.9 Å². The molecule has 0 radical (unpaired) electrons. The van der Waals surface area contributed by atoms with Crippen LogP contribution in [0.25, 0.3) is 0 Å². The highest BCUT2D eigenvalue weighted by molar-refractivity contribution is 7.07. The Hall–Kier alpha value is -2.32. The van der Waals surface area contributed by atoms with Gasteiger partial charge in [0.05, 0.1) is 12.1 Å². The van der Waals surface area contributed by atoms with Gasteiger partial charge in [0.1, 0.15) is 11.6 Å². The lowest BCUT2D eigenvalue weighted by atomic mass is 10.2. The highest BCUT2D eigenvalue weighted by atomic mass is 32.1. The Bertz CT molecular complexity index is 775. The molecule has 8 heteroatoms. The predicted molar refractivity (Wildman–Crippen MR) is 94.9 cm³/mol. The van der Waals surface area contributed by atoms with E-state index in [4.69, 9.17) is 0 Å². The van der Waals surface area contributed by atoms with Gasteiger partial charge in [0.25, 0.3) is 5.91 Å². The first kappa shape index (κ1) is 18.5. The lowest BCUT2D eigenvalue weighted by Gasteiger charge is -2.34. The molecule has 1 N–H and O–H groups in total. The van der Waals surface area contributed by atoms with E-state index in [2.05, 4.69) is 21.7 Å². The zero-order chi connectivity index (χ0) is 18.5. The molecule has 0 unspecified atom stereocenters. The number of rotatable bonds is 5. The number of hydrogen-bond donors (Lipinski definition) is 1. The van der Waals surface area contributed by atoms with Crippen molar-refractivity contribution < 1.29 is 18.4 Å². The van der Waals surface area contributed by atoms with Crippen molar-refractivity contribution in [2.24, 2.45) is 0 Å². The summed E-state index contributed by atoms with van der Waals surface area (Å²) in [6.45, 7) is 3.37. The minimum Gasteiger partial charge on any atom is -0.343 e. The van der Waals surface area contributed by atoms with Crippen molar-refractivity contribution in [2.75, 3.05) is 32.7 Å². The van der Waals surface area contributed by atoms with Gasteiger partial charge in [-0.25, -0.2) is 8.78 Å². The van der Waals surface area contributed by atoms with E-state index in [1.165, 1.54) is 5.56 Å². The average molecular weight is 379 g/mol. The van der Waals surface area contributed by atoms with E-state index in [1.54, 1.807) is 16.2 Å². The van der Waals surface area contributed by atoms with Gasteiger partial charge in [-0.1, -0.05) is 0 Å². The van der Waals surface area contributed by atoms with Gasteiger partial charge in [-0.2, -0.15) is 11.3 Å². The van der Waals surface area contributed by atoms with E-state index in [-0.39, 0.29) is 18.0 Å². The number of nitrogens with one attached hydrogen (secondary N) is 1. The van der Waals surface area contributed by atoms with Gasteiger partial charge in [0.2, 0.25) is 5.91 Å². The summed E-state index contributed by atoms with van der Waals surface area (Å²) in [7, 11) is 0. The number of carbonyl (C=O) groups is 2. The fraction of sp³-hybridized carbons (Fsp3) is 0.333. The van der Waals surface area contributed by atoms with Crippen LogP contribution in [0.5, 0.6) is 0 Å². The summed E-state index contributed by atoms with van der Waals surface area (Å²) in [6, 6.07) is 4.80. The topological polar surface area (TPSA) is 52.7 Å². The van der Waals surface area contributed by atoms with Crippen molar-refractivity contribution in [1.29, 1.82) is 0 Å². The van der Waals surface area contributed by atoms with Gasteiger partial charge in [-0.3, -0.25) is 14.5 Å². The molecule has 0 saturated carbocycles. The number of halogens is 2. The summed E-state index contributed by atoms with van der Waals surface area (Å²) in [4.78, 5) is 28.1. The second-order valence-electron chi connectivity index (χ2n) is 6.10. The smallest absolute Gasteiger partial charge is 0.254 e. The minimum absolute atomic E-state index is 0.208. The van der Waals surface area contributed by atoms with Crippen molar-refractivity contribution in [3.8, 4) is 0 Å². The summed E-state index contributed by atoms with van der Waals surface area (Å²) in [5.74, 6) is -2.64. The SMILES string of the molecule is O=C(NCC(=O)N1CCN(Cc2ccsc2)CC1)c1ccc(F)cc1F. The monoisotopic (exact) mass is 379 g/mol. The maximum Gasteiger partial charge on any atom is 0.254 e. The Morgan fingerprint density at radius 1 is 1.12 bits per heavy atom. The Labute approximate surface area is 154 Å². The van der Waals surface area contributed by atoms with Crippen LogP contribution in [0, 0.1) is 11.6 Å². The Morgan fingerprint density at radius 3 is 2.54 bits per heavy atom. The fourth-order valence-electron chi connectivity index (χ4n) is 2.83. The van der Waals surface area contributed by atoms with Crippen molar-refractivity contribution in [1.82, 2.24) is 15.1 Å². The molecule has 138 valence electrons. The molecule has 1 aromatic carbocycles. The van der Waals surface area contributed by atoms with E-state index in [0.29, 0.717) is 19.2 Å². The molecule has 0 spiro atoms. The molecule has 1 aromatic heterocycles. The molecule has 26 heavy (non-hydrogen) atoms. The molecule has 1 aliphatic rings. The van der Waals surface area contributed by atoms with E-state index < -0.39 is 17.5 Å². The molecule has 0 aliphatic carbocycles. The largest absolute Gasteiger partial charge is 0.343 e. The number of benzene rings is 1. The average Bonchev–Trinajstić information content (AvgIpc) is 3.13. The summed E-state index contributed by atoms with van der Waals surface area (Å²) in [5, 5.41) is 6.56. The normalized spacial score (nSPS) is 15.1. The quantitative estimate of drug-likeness (QED) is 0.866. The van der Waals surface area contributed by atoms with Crippen LogP contribution in [0.4, 0.5) is 8.78 Å². The molecule has 1 saturated heterocycles. The molecule has 2 heterocycles. The van der Waals surface area contributed by atoms with E-state index in [1.807, 2.05) is 5.38 Å². The van der Waals surface area contributed by atoms with Crippen molar-refractivity contribution in [3.63, 3.8) is 0 Å². The van der Waals surface area contributed by atoms with Crippen LogP contribution in [0.2, 0.25) is 0 Å². The molecular weight excluding hydrogens is 360 g/mol. The van der Waals surface area contributed by atoms with Crippen molar-refractivity contribution in [3.05, 3.63) is 57.8 Å². The van der Waals surface area contributed by atoms with Crippen LogP contribution < -0.4 is 5.32 Å². The van der Waals surface area contributed by atoms with E-state index in [9.17, 15) is 18.4 Å². The first-order chi connectivity index (χ1) is 12.5. The lowest BCUT2D eigenvalue weighted by molar-refractivity contribution is -0.131. The molecule has 2 aromatic rings. The second kappa shape index (κ2) is 8.37. The van der Waals surface area contributed by atoms with Gasteiger partial charge in [-0.05, 0) is 34.5 Å². The minimum atomic E-state index is -0.947. The van der Waals surface area contributed by atoms with E-state index in [0.717, 1.165) is 31.8 Å². The third-order valence-corrected chi connectivity index (χ3v) is 5.02. The van der Waals surface area contributed by atoms with Crippen LogP contribution in [-0.2, 0) is 11.3 Å². The number of carbonyl (C=O) groups excluding carboxylic acids is 2. The molecule has 5 nitrogen and oxygen atoms in total. The number of piperazine rings is 1. The molecule has 2 amide bonds. The molecule has 1 aliphatic heterocycles. The molecule has 3 rings (SSSR count). The van der Waals surface area contributed by atoms with Gasteiger partial charge in [-0.15, -0.1) is 0 Å². The molecule has 1 fully saturated rings. The van der Waals surface area contributed by atoms with Crippen LogP contribution >= 0.6 is 11.3 Å². The van der Waals surface area contributed by atoms with E-state index >= 15 is 0 Å². The summed E-state index contributed by atoms with van der Waals surface area (Å²) in [6.07, 6.45) is 0. The standard InChI is InChI=1S/C18H19F2N3O2S/c19-14-1-2-15(16(20)9-14)18(25)21-10-17(24)23-6-4-22(5-7-23)11-13-3-8-26-12-13/h1-3,8-9,12H,4-7,10-11H2,(H,21,25). The first-order valence-corrected chi connectivity index (χ1v) is 9.21. The molecule has 0 atom stereocenters. The van der Waals surface area contributed by atoms with Crippen molar-refractivity contribution >= 4 is 23.2 Å². The molecular formula is C18H19F2N3O2S. The Kier molecular flexibility index (Phi) is 5.95. The van der Waals surface area contributed by atoms with Crippen LogP contribution in [-0.4, -0.2) is 54.3 Å². The second-order valence-corrected chi connectivity index (χ2v) is 6.88. The molecule has 0 bridgehead atoms. The van der Waals surface area contributed by atoms with Gasteiger partial charge >= 0.3 is 0 Å². The summed E-state index contributed by atoms with van der Waals surface area (Å²) >= 11 is 1.66. The zero-order valence-electron chi connectivity index (χ0n) is 14.1. The number of nitrogens with zero attached hydrogens (tertiary/aromatic N) is 2. The van der Waals surface area contributed by atoms with Crippen LogP contribution in [0.15, 0.2) is 35.0 Å². The summed E-state index contributed by atoms with van der Waals surface area (Å²) < 4.78 is 26.5. The predicted octanol–water partition coefficient (Wildman–Crippen LogP) is 2.10. The third kappa shape index (κ3) is 4.64. The zero-order valence-corrected chi connectivity index (χ0v) is 14.9. The van der Waals surface area contributed by atoms with Gasteiger partial charge in [0, 0.05) is 38.8 Å². The third-order valence-electron chi connectivity index (χ3n) is 4.29.